The molecule has 1 aromatic carbocycles. The number of aryl methyl sites for hydroxylation is 2. The van der Waals surface area contributed by atoms with Crippen LogP contribution in [-0.4, -0.2) is 10.1 Å². The van der Waals surface area contributed by atoms with Gasteiger partial charge in [0.25, 0.3) is 0 Å². The number of thiazole rings is 1. The highest BCUT2D eigenvalue weighted by Gasteiger charge is 2.14. The predicted molar refractivity (Wildman–Crippen MR) is 67.1 cm³/mol. The highest BCUT2D eigenvalue weighted by atomic mass is 35.5. The molecule has 0 saturated heterocycles. The largest absolute Gasteiger partial charge is 0.382 e. The smallest absolute Gasteiger partial charge is 0.122 e. The van der Waals surface area contributed by atoms with Gasteiger partial charge in [0.1, 0.15) is 6.10 Å². The summed E-state index contributed by atoms with van der Waals surface area (Å²) >= 11 is 7.55. The third-order valence-corrected chi connectivity index (χ3v) is 3.63. The van der Waals surface area contributed by atoms with Crippen molar-refractivity contribution in [2.24, 2.45) is 0 Å². The highest BCUT2D eigenvalue weighted by molar-refractivity contribution is 7.09. The van der Waals surface area contributed by atoms with Crippen LogP contribution < -0.4 is 0 Å². The zero-order chi connectivity index (χ0) is 11.7. The number of aliphatic hydroxyl groups is 1. The van der Waals surface area contributed by atoms with E-state index in [9.17, 15) is 5.11 Å². The molecule has 0 radical (unpaired) electrons. The molecule has 84 valence electrons. The minimum Gasteiger partial charge on any atom is -0.382 e. The van der Waals surface area contributed by atoms with Crippen LogP contribution in [0.5, 0.6) is 0 Å². The van der Waals surface area contributed by atoms with Gasteiger partial charge < -0.3 is 5.11 Å². The van der Waals surface area contributed by atoms with E-state index in [4.69, 9.17) is 11.6 Å². The van der Waals surface area contributed by atoms with Crippen LogP contribution in [0.15, 0.2) is 23.6 Å². The molecule has 2 rings (SSSR count). The standard InChI is InChI=1S/C12H12ClNOS/c1-7-3-4-9(5-10(7)13)12(15)11-6-16-8(2)14-11/h3-6,12,15H,1-2H3. The van der Waals surface area contributed by atoms with E-state index in [-0.39, 0.29) is 0 Å². The van der Waals surface area contributed by atoms with E-state index in [0.717, 1.165) is 16.1 Å². The molecule has 16 heavy (non-hydrogen) atoms. The molecule has 0 aliphatic carbocycles. The zero-order valence-electron chi connectivity index (χ0n) is 9.07. The number of nitrogens with zero attached hydrogens (tertiary/aromatic N) is 1. The molecule has 0 amide bonds. The van der Waals surface area contributed by atoms with E-state index in [1.165, 1.54) is 11.3 Å². The first-order valence-electron chi connectivity index (χ1n) is 4.94. The van der Waals surface area contributed by atoms with Crippen molar-refractivity contribution in [3.8, 4) is 0 Å². The maximum absolute atomic E-state index is 10.1. The van der Waals surface area contributed by atoms with Crippen LogP contribution in [0.4, 0.5) is 0 Å². The Morgan fingerprint density at radius 1 is 1.38 bits per heavy atom. The van der Waals surface area contributed by atoms with Crippen LogP contribution in [0, 0.1) is 13.8 Å². The topological polar surface area (TPSA) is 33.1 Å². The van der Waals surface area contributed by atoms with Crippen molar-refractivity contribution in [2.75, 3.05) is 0 Å². The Hall–Kier alpha value is -0.900. The maximum Gasteiger partial charge on any atom is 0.122 e. The van der Waals surface area contributed by atoms with Gasteiger partial charge in [-0.2, -0.15) is 0 Å². The summed E-state index contributed by atoms with van der Waals surface area (Å²) in [5.74, 6) is 0. The number of aromatic nitrogens is 1. The summed E-state index contributed by atoms with van der Waals surface area (Å²) in [5.41, 5.74) is 2.47. The van der Waals surface area contributed by atoms with Gasteiger partial charge in [0.2, 0.25) is 0 Å². The summed E-state index contributed by atoms with van der Waals surface area (Å²) in [5, 5.41) is 13.6. The second-order valence-electron chi connectivity index (χ2n) is 3.70. The molecule has 0 aliphatic rings. The summed E-state index contributed by atoms with van der Waals surface area (Å²) in [7, 11) is 0. The van der Waals surface area contributed by atoms with E-state index in [1.54, 1.807) is 6.07 Å². The molecule has 2 nitrogen and oxygen atoms in total. The van der Waals surface area contributed by atoms with Gasteiger partial charge in [-0.05, 0) is 31.0 Å². The van der Waals surface area contributed by atoms with Gasteiger partial charge >= 0.3 is 0 Å². The molecule has 1 aromatic heterocycles. The second-order valence-corrected chi connectivity index (χ2v) is 5.17. The fourth-order valence-electron chi connectivity index (χ4n) is 1.46. The third-order valence-electron chi connectivity index (χ3n) is 2.43. The number of halogens is 1. The van der Waals surface area contributed by atoms with E-state index in [2.05, 4.69) is 4.98 Å². The average molecular weight is 254 g/mol. The summed E-state index contributed by atoms with van der Waals surface area (Å²) in [6, 6.07) is 5.57. The van der Waals surface area contributed by atoms with E-state index < -0.39 is 6.10 Å². The second kappa shape index (κ2) is 4.53. The minimum atomic E-state index is -0.692. The molecule has 0 bridgehead atoms. The fraction of sp³-hybridized carbons (Fsp3) is 0.250. The number of rotatable bonds is 2. The van der Waals surface area contributed by atoms with Crippen LogP contribution in [-0.2, 0) is 0 Å². The van der Waals surface area contributed by atoms with Gasteiger partial charge in [0, 0.05) is 10.4 Å². The Labute approximate surface area is 104 Å². The summed E-state index contributed by atoms with van der Waals surface area (Å²) < 4.78 is 0. The molecular formula is C12H12ClNOS. The normalized spacial score (nSPS) is 12.8. The quantitative estimate of drug-likeness (QED) is 0.889. The molecule has 1 N–H and O–H groups in total. The molecule has 1 atom stereocenters. The molecule has 0 aliphatic heterocycles. The average Bonchev–Trinajstić information content (AvgIpc) is 2.68. The Morgan fingerprint density at radius 2 is 2.12 bits per heavy atom. The minimum absolute atomic E-state index is 0.670. The van der Waals surface area contributed by atoms with E-state index in [1.807, 2.05) is 31.4 Å². The van der Waals surface area contributed by atoms with Crippen LogP contribution in [0.1, 0.15) is 27.9 Å². The molecule has 0 spiro atoms. The highest BCUT2D eigenvalue weighted by Crippen LogP contribution is 2.26. The zero-order valence-corrected chi connectivity index (χ0v) is 10.6. The molecule has 0 saturated carbocycles. The number of hydrogen-bond acceptors (Lipinski definition) is 3. The SMILES string of the molecule is Cc1nc(C(O)c2ccc(C)c(Cl)c2)cs1. The van der Waals surface area contributed by atoms with Gasteiger partial charge in [0.15, 0.2) is 0 Å². The Bertz CT molecular complexity index is 509. The van der Waals surface area contributed by atoms with E-state index in [0.29, 0.717) is 10.7 Å². The van der Waals surface area contributed by atoms with Crippen LogP contribution in [0.25, 0.3) is 0 Å². The van der Waals surface area contributed by atoms with Crippen molar-refractivity contribution in [3.63, 3.8) is 0 Å². The van der Waals surface area contributed by atoms with Crippen LogP contribution >= 0.6 is 22.9 Å². The summed E-state index contributed by atoms with van der Waals surface area (Å²) in [6.07, 6.45) is -0.692. The Morgan fingerprint density at radius 3 is 2.69 bits per heavy atom. The van der Waals surface area contributed by atoms with Crippen LogP contribution in [0.3, 0.4) is 0 Å². The molecule has 1 unspecified atom stereocenters. The summed E-state index contributed by atoms with van der Waals surface area (Å²) in [4.78, 5) is 4.26. The molecule has 0 fully saturated rings. The number of hydrogen-bond donors (Lipinski definition) is 1. The number of benzene rings is 1. The van der Waals surface area contributed by atoms with Crippen molar-refractivity contribution < 1.29 is 5.11 Å². The fourth-order valence-corrected chi connectivity index (χ4v) is 2.28. The first kappa shape index (κ1) is 11.6. The van der Waals surface area contributed by atoms with Gasteiger partial charge in [-0.25, -0.2) is 4.98 Å². The Kier molecular flexibility index (Phi) is 3.28. The lowest BCUT2D eigenvalue weighted by atomic mass is 10.1. The predicted octanol–water partition coefficient (Wildman–Crippen LogP) is 3.50. The van der Waals surface area contributed by atoms with Gasteiger partial charge in [-0.1, -0.05) is 23.7 Å². The molecule has 1 heterocycles. The van der Waals surface area contributed by atoms with Crippen molar-refractivity contribution >= 4 is 22.9 Å². The summed E-state index contributed by atoms with van der Waals surface area (Å²) in [6.45, 7) is 3.86. The van der Waals surface area contributed by atoms with Crippen molar-refractivity contribution in [1.82, 2.24) is 4.98 Å². The third kappa shape index (κ3) is 2.26. The molecule has 4 heteroatoms. The van der Waals surface area contributed by atoms with Crippen molar-refractivity contribution in [3.05, 3.63) is 50.4 Å². The first-order valence-corrected chi connectivity index (χ1v) is 6.20. The monoisotopic (exact) mass is 253 g/mol. The lowest BCUT2D eigenvalue weighted by Gasteiger charge is -2.09. The first-order chi connectivity index (χ1) is 7.58. The molecular weight excluding hydrogens is 242 g/mol. The Balaban J connectivity index is 2.33. The lowest BCUT2D eigenvalue weighted by Crippen LogP contribution is -2.00. The van der Waals surface area contributed by atoms with Gasteiger partial charge in [-0.15, -0.1) is 11.3 Å². The number of aliphatic hydroxyl groups excluding tert-OH is 1. The van der Waals surface area contributed by atoms with Gasteiger partial charge in [0.05, 0.1) is 10.7 Å². The van der Waals surface area contributed by atoms with E-state index >= 15 is 0 Å². The lowest BCUT2D eigenvalue weighted by molar-refractivity contribution is 0.216. The molecule has 2 aromatic rings. The van der Waals surface area contributed by atoms with Crippen molar-refractivity contribution in [1.29, 1.82) is 0 Å². The van der Waals surface area contributed by atoms with Gasteiger partial charge in [-0.3, -0.25) is 0 Å². The van der Waals surface area contributed by atoms with Crippen LogP contribution in [0.2, 0.25) is 5.02 Å². The van der Waals surface area contributed by atoms with Crippen molar-refractivity contribution in [2.45, 2.75) is 20.0 Å². The maximum atomic E-state index is 10.1.